The first-order chi connectivity index (χ1) is 6.27. The van der Waals surface area contributed by atoms with E-state index in [2.05, 4.69) is 11.4 Å². The van der Waals surface area contributed by atoms with Crippen LogP contribution >= 0.6 is 0 Å². The van der Waals surface area contributed by atoms with E-state index < -0.39 is 0 Å². The van der Waals surface area contributed by atoms with Crippen molar-refractivity contribution in [2.45, 2.75) is 32.2 Å². The van der Waals surface area contributed by atoms with Crippen molar-refractivity contribution in [3.63, 3.8) is 0 Å². The molecule has 3 N–H and O–H groups in total. The Morgan fingerprint density at radius 1 is 1.62 bits per heavy atom. The molecule has 0 aliphatic heterocycles. The molecule has 1 aliphatic carbocycles. The average molecular weight is 181 g/mol. The minimum atomic E-state index is 0.110. The maximum atomic E-state index is 8.62. The maximum Gasteiger partial charge on any atom is 0.0666 e. The molecule has 3 heteroatoms. The predicted octanol–water partition coefficient (Wildman–Crippen LogP) is 0.863. The van der Waals surface area contributed by atoms with Gasteiger partial charge in [-0.25, -0.2) is 0 Å². The second-order valence-corrected chi connectivity index (χ2v) is 3.97. The van der Waals surface area contributed by atoms with Crippen molar-refractivity contribution >= 4 is 0 Å². The van der Waals surface area contributed by atoms with E-state index in [1.807, 2.05) is 6.92 Å². The number of nitriles is 1. The molecular weight excluding hydrogens is 162 g/mol. The zero-order valence-corrected chi connectivity index (χ0v) is 8.29. The highest BCUT2D eigenvalue weighted by molar-refractivity contribution is 4.87. The van der Waals surface area contributed by atoms with E-state index in [9.17, 15) is 0 Å². The van der Waals surface area contributed by atoms with Gasteiger partial charge in [0.1, 0.15) is 0 Å². The van der Waals surface area contributed by atoms with Gasteiger partial charge in [0.15, 0.2) is 0 Å². The smallest absolute Gasteiger partial charge is 0.0666 e. The van der Waals surface area contributed by atoms with E-state index in [1.54, 1.807) is 0 Å². The van der Waals surface area contributed by atoms with E-state index in [0.29, 0.717) is 12.0 Å². The number of hydrogen-bond acceptors (Lipinski definition) is 3. The van der Waals surface area contributed by atoms with Gasteiger partial charge in [-0.05, 0) is 32.2 Å². The van der Waals surface area contributed by atoms with E-state index in [0.717, 1.165) is 13.1 Å². The summed E-state index contributed by atoms with van der Waals surface area (Å²) in [6.45, 7) is 3.52. The van der Waals surface area contributed by atoms with Crippen LogP contribution in [0.2, 0.25) is 0 Å². The minimum absolute atomic E-state index is 0.110. The van der Waals surface area contributed by atoms with Crippen LogP contribution < -0.4 is 11.1 Å². The summed E-state index contributed by atoms with van der Waals surface area (Å²) in [5.74, 6) is 0.741. The second kappa shape index (κ2) is 5.21. The van der Waals surface area contributed by atoms with Crippen molar-refractivity contribution < 1.29 is 0 Å². The van der Waals surface area contributed by atoms with Crippen molar-refractivity contribution in [3.05, 3.63) is 0 Å². The van der Waals surface area contributed by atoms with Gasteiger partial charge in [-0.1, -0.05) is 6.42 Å². The first-order valence-electron chi connectivity index (χ1n) is 5.11. The third kappa shape index (κ3) is 2.98. The van der Waals surface area contributed by atoms with Crippen LogP contribution in [0.4, 0.5) is 0 Å². The van der Waals surface area contributed by atoms with Gasteiger partial charge in [0.05, 0.1) is 12.0 Å². The summed E-state index contributed by atoms with van der Waals surface area (Å²) in [4.78, 5) is 0. The molecule has 0 aromatic rings. The molecule has 74 valence electrons. The molecule has 0 heterocycles. The van der Waals surface area contributed by atoms with Crippen LogP contribution in [-0.2, 0) is 0 Å². The SMILES string of the molecule is CC(C#N)CNC1CCCC1CN. The summed E-state index contributed by atoms with van der Waals surface area (Å²) >= 11 is 0. The molecule has 3 unspecified atom stereocenters. The van der Waals surface area contributed by atoms with E-state index in [-0.39, 0.29) is 5.92 Å². The summed E-state index contributed by atoms with van der Waals surface area (Å²) in [6, 6.07) is 2.78. The fraction of sp³-hybridized carbons (Fsp3) is 0.900. The molecule has 0 aromatic carbocycles. The Labute approximate surface area is 80.3 Å². The topological polar surface area (TPSA) is 61.8 Å². The largest absolute Gasteiger partial charge is 0.330 e. The molecule has 13 heavy (non-hydrogen) atoms. The highest BCUT2D eigenvalue weighted by atomic mass is 14.9. The number of rotatable bonds is 4. The van der Waals surface area contributed by atoms with Crippen molar-refractivity contribution in [3.8, 4) is 6.07 Å². The summed E-state index contributed by atoms with van der Waals surface area (Å²) in [5.41, 5.74) is 5.66. The monoisotopic (exact) mass is 181 g/mol. The zero-order valence-electron chi connectivity index (χ0n) is 8.29. The molecular formula is C10H19N3. The lowest BCUT2D eigenvalue weighted by Gasteiger charge is -2.19. The fourth-order valence-electron chi connectivity index (χ4n) is 1.96. The quantitative estimate of drug-likeness (QED) is 0.676. The van der Waals surface area contributed by atoms with Gasteiger partial charge in [0.2, 0.25) is 0 Å². The Hall–Kier alpha value is -0.590. The minimum Gasteiger partial charge on any atom is -0.330 e. The third-order valence-electron chi connectivity index (χ3n) is 2.87. The van der Waals surface area contributed by atoms with Gasteiger partial charge in [-0.2, -0.15) is 5.26 Å². The molecule has 0 radical (unpaired) electrons. The molecule has 0 spiro atoms. The number of hydrogen-bond donors (Lipinski definition) is 2. The lowest BCUT2D eigenvalue weighted by Crippen LogP contribution is -2.38. The highest BCUT2D eigenvalue weighted by Crippen LogP contribution is 2.24. The molecule has 1 fully saturated rings. The van der Waals surface area contributed by atoms with Crippen molar-refractivity contribution in [1.82, 2.24) is 5.32 Å². The standard InChI is InChI=1S/C10H19N3/c1-8(5-11)7-13-10-4-2-3-9(10)6-12/h8-10,13H,2-4,6-7,12H2,1H3. The first-order valence-corrected chi connectivity index (χ1v) is 5.11. The van der Waals surface area contributed by atoms with Gasteiger partial charge < -0.3 is 11.1 Å². The average Bonchev–Trinajstić information content (AvgIpc) is 2.61. The fourth-order valence-corrected chi connectivity index (χ4v) is 1.96. The first kappa shape index (κ1) is 10.5. The van der Waals surface area contributed by atoms with Crippen LogP contribution in [0, 0.1) is 23.2 Å². The molecule has 3 nitrogen and oxygen atoms in total. The molecule has 3 atom stereocenters. The van der Waals surface area contributed by atoms with Gasteiger partial charge in [-0.15, -0.1) is 0 Å². The molecule has 0 bridgehead atoms. The Balaban J connectivity index is 2.24. The Kier molecular flexibility index (Phi) is 4.20. The Bertz CT molecular complexity index is 185. The normalized spacial score (nSPS) is 29.9. The highest BCUT2D eigenvalue weighted by Gasteiger charge is 2.25. The predicted molar refractivity (Wildman–Crippen MR) is 53.0 cm³/mol. The third-order valence-corrected chi connectivity index (χ3v) is 2.87. The Morgan fingerprint density at radius 2 is 2.38 bits per heavy atom. The number of nitrogens with two attached hydrogens (primary N) is 1. The van der Waals surface area contributed by atoms with Gasteiger partial charge in [-0.3, -0.25) is 0 Å². The lowest BCUT2D eigenvalue weighted by atomic mass is 10.0. The second-order valence-electron chi connectivity index (χ2n) is 3.97. The van der Waals surface area contributed by atoms with Crippen molar-refractivity contribution in [2.24, 2.45) is 17.6 Å². The van der Waals surface area contributed by atoms with E-state index in [1.165, 1.54) is 19.3 Å². The van der Waals surface area contributed by atoms with Gasteiger partial charge in [0, 0.05) is 12.6 Å². The maximum absolute atomic E-state index is 8.62. The Morgan fingerprint density at radius 3 is 3.00 bits per heavy atom. The summed E-state index contributed by atoms with van der Waals surface area (Å²) < 4.78 is 0. The van der Waals surface area contributed by atoms with Gasteiger partial charge in [0.25, 0.3) is 0 Å². The van der Waals surface area contributed by atoms with Crippen LogP contribution in [0.25, 0.3) is 0 Å². The van der Waals surface area contributed by atoms with Crippen LogP contribution in [0.1, 0.15) is 26.2 Å². The number of nitrogens with zero attached hydrogens (tertiary/aromatic N) is 1. The molecule has 1 saturated carbocycles. The lowest BCUT2D eigenvalue weighted by molar-refractivity contribution is 0.395. The van der Waals surface area contributed by atoms with Crippen LogP contribution in [0.3, 0.4) is 0 Å². The zero-order chi connectivity index (χ0) is 9.68. The summed E-state index contributed by atoms with van der Waals surface area (Å²) in [6.07, 6.45) is 3.75. The molecule has 1 aliphatic rings. The summed E-state index contributed by atoms with van der Waals surface area (Å²) in [5, 5.41) is 12.0. The van der Waals surface area contributed by atoms with Crippen LogP contribution in [0.15, 0.2) is 0 Å². The summed E-state index contributed by atoms with van der Waals surface area (Å²) in [7, 11) is 0. The van der Waals surface area contributed by atoms with E-state index in [4.69, 9.17) is 11.0 Å². The molecule has 0 saturated heterocycles. The van der Waals surface area contributed by atoms with Crippen LogP contribution in [-0.4, -0.2) is 19.1 Å². The van der Waals surface area contributed by atoms with Crippen LogP contribution in [0.5, 0.6) is 0 Å². The van der Waals surface area contributed by atoms with E-state index >= 15 is 0 Å². The number of nitrogens with one attached hydrogen (secondary N) is 1. The molecule has 0 amide bonds. The molecule has 1 rings (SSSR count). The van der Waals surface area contributed by atoms with Crippen molar-refractivity contribution in [1.29, 1.82) is 5.26 Å². The van der Waals surface area contributed by atoms with Gasteiger partial charge >= 0.3 is 0 Å². The molecule has 0 aromatic heterocycles. The van der Waals surface area contributed by atoms with Crippen molar-refractivity contribution in [2.75, 3.05) is 13.1 Å².